The maximum Gasteiger partial charge on any atom is 0.133 e. The lowest BCUT2D eigenvalue weighted by atomic mass is 10.00. The molecule has 14 heavy (non-hydrogen) atoms. The van der Waals surface area contributed by atoms with E-state index < -0.39 is 0 Å². The molecule has 0 saturated carbocycles. The average Bonchev–Trinajstić information content (AvgIpc) is 2.20. The Balaban J connectivity index is 2.44. The van der Waals surface area contributed by atoms with Gasteiger partial charge in [0.2, 0.25) is 0 Å². The van der Waals surface area contributed by atoms with Gasteiger partial charge >= 0.3 is 0 Å². The van der Waals surface area contributed by atoms with Crippen LogP contribution in [0, 0.1) is 5.92 Å². The third-order valence-corrected chi connectivity index (χ3v) is 2.90. The van der Waals surface area contributed by atoms with E-state index in [0.717, 1.165) is 24.7 Å². The van der Waals surface area contributed by atoms with Gasteiger partial charge in [0.25, 0.3) is 0 Å². The first kappa shape index (κ1) is 11.3. The van der Waals surface area contributed by atoms with Gasteiger partial charge in [-0.25, -0.2) is 0 Å². The minimum absolute atomic E-state index is 0.169. The Bertz CT molecular complexity index is 287. The molecule has 0 radical (unpaired) electrons. The highest BCUT2D eigenvalue weighted by Gasteiger charge is 2.11. The number of Topliss-reactive ketones (excluding diaryl/α,β-unsaturated/α-hetero) is 1. The van der Waals surface area contributed by atoms with Crippen LogP contribution in [0.3, 0.4) is 0 Å². The van der Waals surface area contributed by atoms with E-state index in [1.165, 1.54) is 0 Å². The lowest BCUT2D eigenvalue weighted by Gasteiger charge is -2.09. The van der Waals surface area contributed by atoms with E-state index in [1.54, 1.807) is 13.1 Å². The molecule has 0 fully saturated rings. The Morgan fingerprint density at radius 2 is 2.36 bits per heavy atom. The zero-order chi connectivity index (χ0) is 10.4. The van der Waals surface area contributed by atoms with E-state index in [2.05, 4.69) is 14.2 Å². The lowest BCUT2D eigenvalue weighted by Crippen LogP contribution is -2.13. The summed E-state index contributed by atoms with van der Waals surface area (Å²) in [6, 6.07) is 5.88. The second-order valence-corrected chi connectivity index (χ2v) is 3.87. The second kappa shape index (κ2) is 5.87. The average molecular weight is 209 g/mol. The van der Waals surface area contributed by atoms with Crippen molar-refractivity contribution in [2.75, 3.05) is 6.16 Å². The first-order valence-corrected chi connectivity index (χ1v) is 5.66. The smallest absolute Gasteiger partial charge is 0.133 e. The number of carbonyl (C=O) groups is 1. The van der Waals surface area contributed by atoms with Crippen molar-refractivity contribution in [1.82, 2.24) is 4.98 Å². The molecule has 0 aliphatic carbocycles. The highest BCUT2D eigenvalue weighted by Crippen LogP contribution is 2.11. The number of rotatable bonds is 5. The van der Waals surface area contributed by atoms with Gasteiger partial charge in [0.15, 0.2) is 0 Å². The summed E-state index contributed by atoms with van der Waals surface area (Å²) in [7, 11) is 2.63. The predicted octanol–water partition coefficient (Wildman–Crippen LogP) is 2.09. The number of hydrogen-bond acceptors (Lipinski definition) is 2. The van der Waals surface area contributed by atoms with Crippen LogP contribution in [0.1, 0.15) is 19.0 Å². The van der Waals surface area contributed by atoms with Crippen LogP contribution in [-0.4, -0.2) is 16.9 Å². The fraction of sp³-hybridized carbons (Fsp3) is 0.455. The summed E-state index contributed by atoms with van der Waals surface area (Å²) in [6.45, 7) is 1.66. The van der Waals surface area contributed by atoms with Crippen LogP contribution in [0.15, 0.2) is 24.4 Å². The standard InChI is InChI=1S/C11H16NOP/c1-9(13)10(8-14)5-6-11-4-2-3-7-12-11/h2-4,7,10H,5-6,8,14H2,1H3. The highest BCUT2D eigenvalue weighted by molar-refractivity contribution is 7.16. The van der Waals surface area contributed by atoms with Crippen molar-refractivity contribution in [3.63, 3.8) is 0 Å². The summed E-state index contributed by atoms with van der Waals surface area (Å²) < 4.78 is 0. The SMILES string of the molecule is CC(=O)C(CP)CCc1ccccn1. The maximum absolute atomic E-state index is 11.2. The first-order chi connectivity index (χ1) is 6.74. The molecular formula is C11H16NOP. The quantitative estimate of drug-likeness (QED) is 0.695. The van der Waals surface area contributed by atoms with Crippen molar-refractivity contribution < 1.29 is 4.79 Å². The molecule has 0 aromatic carbocycles. The largest absolute Gasteiger partial charge is 0.300 e. The molecule has 1 aromatic heterocycles. The molecule has 2 unspecified atom stereocenters. The normalized spacial score (nSPS) is 12.4. The number of carbonyl (C=O) groups excluding carboxylic acids is 1. The van der Waals surface area contributed by atoms with Gasteiger partial charge in [-0.15, -0.1) is 9.24 Å². The zero-order valence-electron chi connectivity index (χ0n) is 8.44. The minimum atomic E-state index is 0.169. The van der Waals surface area contributed by atoms with Crippen molar-refractivity contribution in [3.05, 3.63) is 30.1 Å². The third kappa shape index (κ3) is 3.55. The Morgan fingerprint density at radius 3 is 2.86 bits per heavy atom. The van der Waals surface area contributed by atoms with Gasteiger partial charge in [-0.1, -0.05) is 6.07 Å². The van der Waals surface area contributed by atoms with Crippen LogP contribution < -0.4 is 0 Å². The summed E-state index contributed by atoms with van der Waals surface area (Å²) >= 11 is 0. The maximum atomic E-state index is 11.2. The zero-order valence-corrected chi connectivity index (χ0v) is 9.60. The molecule has 2 atom stereocenters. The van der Waals surface area contributed by atoms with E-state index >= 15 is 0 Å². The Kier molecular flexibility index (Phi) is 4.75. The summed E-state index contributed by atoms with van der Waals surface area (Å²) in [6.07, 6.45) is 4.43. The number of hydrogen-bond donors (Lipinski definition) is 0. The van der Waals surface area contributed by atoms with E-state index in [-0.39, 0.29) is 11.7 Å². The summed E-state index contributed by atoms with van der Waals surface area (Å²) in [5, 5.41) is 0. The first-order valence-electron chi connectivity index (χ1n) is 4.84. The van der Waals surface area contributed by atoms with Crippen molar-refractivity contribution in [2.45, 2.75) is 19.8 Å². The molecule has 0 bridgehead atoms. The van der Waals surface area contributed by atoms with Gasteiger partial charge in [0.1, 0.15) is 5.78 Å². The Labute approximate surface area is 87.3 Å². The molecule has 1 rings (SSSR count). The predicted molar refractivity (Wildman–Crippen MR) is 61.3 cm³/mol. The fourth-order valence-electron chi connectivity index (χ4n) is 1.36. The number of aromatic nitrogens is 1. The molecule has 0 aliphatic rings. The van der Waals surface area contributed by atoms with Gasteiger partial charge in [0, 0.05) is 17.8 Å². The molecule has 0 saturated heterocycles. The molecule has 2 nitrogen and oxygen atoms in total. The van der Waals surface area contributed by atoms with Crippen LogP contribution in [0.4, 0.5) is 0 Å². The number of nitrogens with zero attached hydrogens (tertiary/aromatic N) is 1. The number of aryl methyl sites for hydroxylation is 1. The fourth-order valence-corrected chi connectivity index (χ4v) is 1.92. The molecule has 76 valence electrons. The van der Waals surface area contributed by atoms with Crippen LogP contribution in [0.25, 0.3) is 0 Å². The van der Waals surface area contributed by atoms with E-state index in [0.29, 0.717) is 0 Å². The monoisotopic (exact) mass is 209 g/mol. The van der Waals surface area contributed by atoms with Crippen molar-refractivity contribution in [3.8, 4) is 0 Å². The summed E-state index contributed by atoms with van der Waals surface area (Å²) in [5.41, 5.74) is 1.07. The van der Waals surface area contributed by atoms with Crippen LogP contribution in [0.2, 0.25) is 0 Å². The molecule has 1 aromatic rings. The molecular weight excluding hydrogens is 193 g/mol. The lowest BCUT2D eigenvalue weighted by molar-refractivity contribution is -0.120. The second-order valence-electron chi connectivity index (χ2n) is 3.40. The van der Waals surface area contributed by atoms with Crippen molar-refractivity contribution >= 4 is 15.0 Å². The topological polar surface area (TPSA) is 30.0 Å². The van der Waals surface area contributed by atoms with Crippen molar-refractivity contribution in [2.24, 2.45) is 5.92 Å². The summed E-state index contributed by atoms with van der Waals surface area (Å²) in [4.78, 5) is 15.4. The third-order valence-electron chi connectivity index (χ3n) is 2.33. The van der Waals surface area contributed by atoms with E-state index in [1.807, 2.05) is 18.2 Å². The van der Waals surface area contributed by atoms with Gasteiger partial charge in [0.05, 0.1) is 0 Å². The van der Waals surface area contributed by atoms with E-state index in [4.69, 9.17) is 0 Å². The van der Waals surface area contributed by atoms with Gasteiger partial charge in [-0.3, -0.25) is 9.78 Å². The van der Waals surface area contributed by atoms with Crippen molar-refractivity contribution in [1.29, 1.82) is 0 Å². The van der Waals surface area contributed by atoms with Crippen LogP contribution in [0.5, 0.6) is 0 Å². The molecule has 0 aliphatic heterocycles. The van der Waals surface area contributed by atoms with Crippen LogP contribution >= 0.6 is 9.24 Å². The molecule has 3 heteroatoms. The summed E-state index contributed by atoms with van der Waals surface area (Å²) in [5.74, 6) is 0.443. The van der Waals surface area contributed by atoms with Crippen LogP contribution in [-0.2, 0) is 11.2 Å². The molecule has 0 spiro atoms. The Morgan fingerprint density at radius 1 is 1.57 bits per heavy atom. The van der Waals surface area contributed by atoms with Gasteiger partial charge in [-0.2, -0.15) is 0 Å². The van der Waals surface area contributed by atoms with Gasteiger partial charge in [-0.05, 0) is 38.1 Å². The van der Waals surface area contributed by atoms with Gasteiger partial charge < -0.3 is 0 Å². The van der Waals surface area contributed by atoms with E-state index in [9.17, 15) is 4.79 Å². The minimum Gasteiger partial charge on any atom is -0.300 e. The molecule has 0 N–H and O–H groups in total. The number of pyridine rings is 1. The molecule has 1 heterocycles. The molecule has 0 amide bonds. The highest BCUT2D eigenvalue weighted by atomic mass is 31.0. The number of ketones is 1. The Hall–Kier alpha value is -0.750.